The molecule has 0 amide bonds. The summed E-state index contributed by atoms with van der Waals surface area (Å²) >= 11 is 0. The first-order valence-electron chi connectivity index (χ1n) is 8.01. The van der Waals surface area contributed by atoms with E-state index in [1.807, 2.05) is 0 Å². The average molecular weight is 344 g/mol. The molecule has 2 atom stereocenters. The molecule has 1 saturated heterocycles. The van der Waals surface area contributed by atoms with E-state index in [1.54, 1.807) is 24.3 Å². The van der Waals surface area contributed by atoms with Crippen molar-refractivity contribution in [1.29, 1.82) is 0 Å². The number of carbonyl (C=O) groups is 1. The van der Waals surface area contributed by atoms with Gasteiger partial charge >= 0.3 is 5.97 Å². The SMILES string of the molecule is COc1cc(CC2C(=O)OCC2Cc2ccc(O)c(O)c2)ccc1O. The van der Waals surface area contributed by atoms with E-state index in [4.69, 9.17) is 9.47 Å². The predicted octanol–water partition coefficient (Wildman–Crippen LogP) is 2.39. The van der Waals surface area contributed by atoms with E-state index in [1.165, 1.54) is 19.2 Å². The Bertz CT molecular complexity index is 785. The highest BCUT2D eigenvalue weighted by atomic mass is 16.5. The fourth-order valence-electron chi connectivity index (χ4n) is 3.16. The Balaban J connectivity index is 1.76. The second-order valence-electron chi connectivity index (χ2n) is 6.23. The number of hydrogen-bond acceptors (Lipinski definition) is 6. The minimum absolute atomic E-state index is 0.0313. The number of phenolic OH excluding ortho intramolecular Hbond substituents is 3. The molecule has 6 nitrogen and oxygen atoms in total. The van der Waals surface area contributed by atoms with E-state index in [-0.39, 0.29) is 35.1 Å². The molecule has 2 aromatic rings. The maximum absolute atomic E-state index is 12.1. The van der Waals surface area contributed by atoms with Crippen molar-refractivity contribution in [1.82, 2.24) is 0 Å². The fourth-order valence-corrected chi connectivity index (χ4v) is 3.16. The van der Waals surface area contributed by atoms with Crippen molar-refractivity contribution in [2.75, 3.05) is 13.7 Å². The van der Waals surface area contributed by atoms with Crippen molar-refractivity contribution in [3.05, 3.63) is 47.5 Å². The van der Waals surface area contributed by atoms with Crippen molar-refractivity contribution in [2.24, 2.45) is 11.8 Å². The minimum Gasteiger partial charge on any atom is -0.504 e. The number of rotatable bonds is 5. The Morgan fingerprint density at radius 2 is 1.68 bits per heavy atom. The van der Waals surface area contributed by atoms with Crippen LogP contribution in [0.2, 0.25) is 0 Å². The molecule has 25 heavy (non-hydrogen) atoms. The summed E-state index contributed by atoms with van der Waals surface area (Å²) in [7, 11) is 1.47. The van der Waals surface area contributed by atoms with Crippen LogP contribution in [0.3, 0.4) is 0 Å². The molecule has 1 heterocycles. The lowest BCUT2D eigenvalue weighted by molar-refractivity contribution is -0.141. The first kappa shape index (κ1) is 17.0. The molecular weight excluding hydrogens is 324 g/mol. The Morgan fingerprint density at radius 1 is 1.00 bits per heavy atom. The Kier molecular flexibility index (Phi) is 4.70. The van der Waals surface area contributed by atoms with Crippen LogP contribution in [0.4, 0.5) is 0 Å². The molecule has 2 unspecified atom stereocenters. The van der Waals surface area contributed by atoms with Crippen molar-refractivity contribution in [3.63, 3.8) is 0 Å². The molecule has 0 aliphatic carbocycles. The lowest BCUT2D eigenvalue weighted by Crippen LogP contribution is -2.20. The molecule has 1 aliphatic heterocycles. The quantitative estimate of drug-likeness (QED) is 0.569. The van der Waals surface area contributed by atoms with Crippen LogP contribution < -0.4 is 4.74 Å². The second-order valence-corrected chi connectivity index (χ2v) is 6.23. The summed E-state index contributed by atoms with van der Waals surface area (Å²) in [5.74, 6) is -0.528. The first-order chi connectivity index (χ1) is 12.0. The zero-order valence-corrected chi connectivity index (χ0v) is 13.8. The second kappa shape index (κ2) is 6.93. The number of aromatic hydroxyl groups is 3. The number of phenols is 3. The van der Waals surface area contributed by atoms with Crippen molar-refractivity contribution in [2.45, 2.75) is 12.8 Å². The number of benzene rings is 2. The highest BCUT2D eigenvalue weighted by Crippen LogP contribution is 2.33. The summed E-state index contributed by atoms with van der Waals surface area (Å²) < 4.78 is 10.3. The molecule has 0 bridgehead atoms. The van der Waals surface area contributed by atoms with Crippen LogP contribution in [0.25, 0.3) is 0 Å². The van der Waals surface area contributed by atoms with E-state index >= 15 is 0 Å². The number of methoxy groups -OCH3 is 1. The monoisotopic (exact) mass is 344 g/mol. The van der Waals surface area contributed by atoms with Gasteiger partial charge in [-0.05, 0) is 48.2 Å². The zero-order chi connectivity index (χ0) is 18.0. The largest absolute Gasteiger partial charge is 0.504 e. The smallest absolute Gasteiger partial charge is 0.309 e. The van der Waals surface area contributed by atoms with Gasteiger partial charge in [0, 0.05) is 5.92 Å². The predicted molar refractivity (Wildman–Crippen MR) is 89.8 cm³/mol. The third-order valence-electron chi connectivity index (χ3n) is 4.55. The molecular formula is C19H20O6. The summed E-state index contributed by atoms with van der Waals surface area (Å²) in [6.07, 6.45) is 1.03. The Morgan fingerprint density at radius 3 is 2.36 bits per heavy atom. The lowest BCUT2D eigenvalue weighted by atomic mass is 9.85. The summed E-state index contributed by atoms with van der Waals surface area (Å²) in [4.78, 5) is 12.1. The van der Waals surface area contributed by atoms with Gasteiger partial charge in [0.05, 0.1) is 19.6 Å². The molecule has 3 rings (SSSR count). The lowest BCUT2D eigenvalue weighted by Gasteiger charge is -2.16. The standard InChI is InChI=1S/C19H20O6/c1-24-18-9-12(3-5-16(18)21)7-14-13(10-25-19(14)23)6-11-2-4-15(20)17(22)8-11/h2-5,8-9,13-14,20-22H,6-7,10H2,1H3. The van der Waals surface area contributed by atoms with Gasteiger partial charge in [-0.3, -0.25) is 4.79 Å². The van der Waals surface area contributed by atoms with Crippen LogP contribution in [-0.4, -0.2) is 35.0 Å². The summed E-state index contributed by atoms with van der Waals surface area (Å²) in [5.41, 5.74) is 1.70. The number of hydrogen-bond donors (Lipinski definition) is 3. The Hall–Kier alpha value is -2.89. The van der Waals surface area contributed by atoms with Gasteiger partial charge in [0.25, 0.3) is 0 Å². The van der Waals surface area contributed by atoms with Gasteiger partial charge in [-0.15, -0.1) is 0 Å². The zero-order valence-electron chi connectivity index (χ0n) is 13.8. The van der Waals surface area contributed by atoms with E-state index in [0.717, 1.165) is 11.1 Å². The number of ether oxygens (including phenoxy) is 2. The molecule has 6 heteroatoms. The minimum atomic E-state index is -0.315. The molecule has 0 spiro atoms. The van der Waals surface area contributed by atoms with E-state index in [2.05, 4.69) is 0 Å². The van der Waals surface area contributed by atoms with Crippen molar-refractivity contribution in [3.8, 4) is 23.0 Å². The number of carbonyl (C=O) groups excluding carboxylic acids is 1. The normalized spacial score (nSPS) is 19.6. The highest BCUT2D eigenvalue weighted by molar-refractivity contribution is 5.75. The average Bonchev–Trinajstić information content (AvgIpc) is 2.93. The molecule has 1 aliphatic rings. The molecule has 0 aromatic heterocycles. The van der Waals surface area contributed by atoms with Gasteiger partial charge in [0.2, 0.25) is 0 Å². The van der Waals surface area contributed by atoms with E-state index in [0.29, 0.717) is 25.2 Å². The van der Waals surface area contributed by atoms with E-state index < -0.39 is 0 Å². The molecule has 2 aromatic carbocycles. The molecule has 0 saturated carbocycles. The van der Waals surface area contributed by atoms with Gasteiger partial charge in [-0.1, -0.05) is 12.1 Å². The molecule has 1 fully saturated rings. The summed E-state index contributed by atoms with van der Waals surface area (Å²) in [6, 6.07) is 9.66. The molecule has 3 N–H and O–H groups in total. The van der Waals surface area contributed by atoms with Crippen molar-refractivity contribution < 1.29 is 29.6 Å². The number of esters is 1. The van der Waals surface area contributed by atoms with Crippen LogP contribution >= 0.6 is 0 Å². The maximum Gasteiger partial charge on any atom is 0.309 e. The van der Waals surface area contributed by atoms with Crippen molar-refractivity contribution >= 4 is 5.97 Å². The third-order valence-corrected chi connectivity index (χ3v) is 4.55. The van der Waals surface area contributed by atoms with Gasteiger partial charge in [-0.2, -0.15) is 0 Å². The molecule has 132 valence electrons. The van der Waals surface area contributed by atoms with Crippen LogP contribution in [0, 0.1) is 11.8 Å². The van der Waals surface area contributed by atoms with Gasteiger partial charge in [0.15, 0.2) is 23.0 Å². The van der Waals surface area contributed by atoms with Crippen LogP contribution in [0.15, 0.2) is 36.4 Å². The van der Waals surface area contributed by atoms with Crippen LogP contribution in [0.5, 0.6) is 23.0 Å². The topological polar surface area (TPSA) is 96.2 Å². The van der Waals surface area contributed by atoms with Crippen LogP contribution in [0.1, 0.15) is 11.1 Å². The third kappa shape index (κ3) is 3.63. The summed E-state index contributed by atoms with van der Waals surface area (Å²) in [5, 5.41) is 28.7. The first-order valence-corrected chi connectivity index (χ1v) is 8.01. The Labute approximate surface area is 145 Å². The van der Waals surface area contributed by atoms with Gasteiger partial charge < -0.3 is 24.8 Å². The summed E-state index contributed by atoms with van der Waals surface area (Å²) in [6.45, 7) is 0.320. The van der Waals surface area contributed by atoms with Gasteiger partial charge in [-0.25, -0.2) is 0 Å². The highest BCUT2D eigenvalue weighted by Gasteiger charge is 2.37. The fraction of sp³-hybridized carbons (Fsp3) is 0.316. The molecule has 0 radical (unpaired) electrons. The number of cyclic esters (lactones) is 1. The van der Waals surface area contributed by atoms with E-state index in [9.17, 15) is 20.1 Å². The maximum atomic E-state index is 12.1. The van der Waals surface area contributed by atoms with Gasteiger partial charge in [0.1, 0.15) is 0 Å². The van der Waals surface area contributed by atoms with Crippen LogP contribution in [-0.2, 0) is 22.4 Å².